The van der Waals surface area contributed by atoms with Crippen LogP contribution < -0.4 is 0 Å². The summed E-state index contributed by atoms with van der Waals surface area (Å²) in [5, 5.41) is 0. The number of benzene rings is 1. The Morgan fingerprint density at radius 3 is 2.43 bits per heavy atom. The summed E-state index contributed by atoms with van der Waals surface area (Å²) in [5.74, 6) is 0.830. The van der Waals surface area contributed by atoms with Gasteiger partial charge in [-0.25, -0.2) is 0 Å². The van der Waals surface area contributed by atoms with Crippen molar-refractivity contribution in [3.8, 4) is 0 Å². The van der Waals surface area contributed by atoms with Crippen LogP contribution in [-0.2, 0) is 20.7 Å². The van der Waals surface area contributed by atoms with Gasteiger partial charge in [0.1, 0.15) is 0 Å². The lowest BCUT2D eigenvalue weighted by Gasteiger charge is -2.32. The Labute approximate surface area is 137 Å². The first-order valence-electron chi connectivity index (χ1n) is 8.62. The lowest BCUT2D eigenvalue weighted by Crippen LogP contribution is -2.41. The summed E-state index contributed by atoms with van der Waals surface area (Å²) in [6, 6.07) is 10.5. The monoisotopic (exact) mass is 315 g/mol. The number of carbonyl (C=O) groups is 2. The number of esters is 1. The maximum absolute atomic E-state index is 12.1. The number of nitrogens with zero attached hydrogens (tertiary/aromatic N) is 1. The van der Waals surface area contributed by atoms with E-state index in [1.165, 1.54) is 5.56 Å². The maximum atomic E-state index is 12.1. The van der Waals surface area contributed by atoms with Gasteiger partial charge in [0.25, 0.3) is 5.91 Å². The number of likely N-dealkylation sites (tertiary alicyclic amines) is 1. The maximum Gasteiger partial charge on any atom is 0.309 e. The smallest absolute Gasteiger partial charge is 0.309 e. The molecule has 2 fully saturated rings. The standard InChI is InChI=1S/C19H25NO3/c1-14-11-17(14)19(22)23-13-18(21)20-9-7-16(8-10-20)12-15-5-3-2-4-6-15/h2-6,14,16-17H,7-13H2,1H3/t14-,17+/m1/s1. The van der Waals surface area contributed by atoms with Crippen LogP contribution in [0.3, 0.4) is 0 Å². The van der Waals surface area contributed by atoms with Crippen molar-refractivity contribution in [1.29, 1.82) is 0 Å². The third-order valence-corrected chi connectivity index (χ3v) is 5.08. The highest BCUT2D eigenvalue weighted by atomic mass is 16.5. The Balaban J connectivity index is 1.38. The van der Waals surface area contributed by atoms with Gasteiger partial charge in [-0.3, -0.25) is 9.59 Å². The minimum atomic E-state index is -0.204. The Bertz CT molecular complexity index is 549. The van der Waals surface area contributed by atoms with Crippen molar-refractivity contribution in [1.82, 2.24) is 4.90 Å². The van der Waals surface area contributed by atoms with E-state index < -0.39 is 0 Å². The molecule has 23 heavy (non-hydrogen) atoms. The fourth-order valence-electron chi connectivity index (χ4n) is 3.32. The summed E-state index contributed by atoms with van der Waals surface area (Å²) in [6.07, 6.45) is 4.03. The van der Waals surface area contributed by atoms with Crippen LogP contribution in [0.1, 0.15) is 31.7 Å². The van der Waals surface area contributed by atoms with Gasteiger partial charge in [-0.1, -0.05) is 37.3 Å². The van der Waals surface area contributed by atoms with Gasteiger partial charge in [0.15, 0.2) is 6.61 Å². The van der Waals surface area contributed by atoms with Crippen molar-refractivity contribution in [2.75, 3.05) is 19.7 Å². The molecule has 2 atom stereocenters. The van der Waals surface area contributed by atoms with Crippen LogP contribution in [0.2, 0.25) is 0 Å². The zero-order valence-electron chi connectivity index (χ0n) is 13.7. The van der Waals surface area contributed by atoms with Crippen LogP contribution in [-0.4, -0.2) is 36.5 Å². The summed E-state index contributed by atoms with van der Waals surface area (Å²) in [5.41, 5.74) is 1.37. The summed E-state index contributed by atoms with van der Waals surface area (Å²) >= 11 is 0. The molecule has 1 saturated carbocycles. The third-order valence-electron chi connectivity index (χ3n) is 5.08. The Kier molecular flexibility index (Phi) is 4.99. The van der Waals surface area contributed by atoms with Crippen molar-refractivity contribution in [3.63, 3.8) is 0 Å². The fourth-order valence-corrected chi connectivity index (χ4v) is 3.32. The zero-order chi connectivity index (χ0) is 16.2. The molecule has 1 aliphatic carbocycles. The molecule has 0 aromatic heterocycles. The van der Waals surface area contributed by atoms with Crippen LogP contribution in [0.5, 0.6) is 0 Å². The van der Waals surface area contributed by atoms with Gasteiger partial charge in [0.2, 0.25) is 0 Å². The van der Waals surface area contributed by atoms with Gasteiger partial charge in [-0.05, 0) is 43.1 Å². The van der Waals surface area contributed by atoms with E-state index in [0.29, 0.717) is 11.8 Å². The van der Waals surface area contributed by atoms with E-state index in [9.17, 15) is 9.59 Å². The van der Waals surface area contributed by atoms with Crippen LogP contribution in [0.15, 0.2) is 30.3 Å². The van der Waals surface area contributed by atoms with Crippen LogP contribution in [0.25, 0.3) is 0 Å². The average Bonchev–Trinajstić information content (AvgIpc) is 3.31. The molecule has 1 saturated heterocycles. The Morgan fingerprint density at radius 2 is 1.83 bits per heavy atom. The number of hydrogen-bond donors (Lipinski definition) is 0. The molecule has 1 aliphatic heterocycles. The number of piperidine rings is 1. The quantitative estimate of drug-likeness (QED) is 0.785. The number of carbonyl (C=O) groups excluding carboxylic acids is 2. The van der Waals surface area contributed by atoms with Gasteiger partial charge >= 0.3 is 5.97 Å². The second kappa shape index (κ2) is 7.16. The molecule has 0 radical (unpaired) electrons. The number of rotatable bonds is 5. The first-order valence-corrected chi connectivity index (χ1v) is 8.62. The molecule has 2 aliphatic rings. The van der Waals surface area contributed by atoms with Crippen molar-refractivity contribution in [2.24, 2.45) is 17.8 Å². The van der Waals surface area contributed by atoms with Crippen LogP contribution >= 0.6 is 0 Å². The van der Waals surface area contributed by atoms with Crippen molar-refractivity contribution in [3.05, 3.63) is 35.9 Å². The molecule has 4 nitrogen and oxygen atoms in total. The molecule has 0 bridgehead atoms. The molecule has 1 aromatic rings. The minimum absolute atomic E-state index is 0.0272. The number of amides is 1. The van der Waals surface area contributed by atoms with E-state index in [1.54, 1.807) is 0 Å². The molecule has 124 valence electrons. The highest BCUT2D eigenvalue weighted by Gasteiger charge is 2.40. The normalized spacial score (nSPS) is 24.3. The first kappa shape index (κ1) is 16.0. The molecule has 1 amide bonds. The number of ether oxygens (including phenoxy) is 1. The molecule has 0 unspecified atom stereocenters. The Morgan fingerprint density at radius 1 is 1.17 bits per heavy atom. The van der Waals surface area contributed by atoms with E-state index in [4.69, 9.17) is 4.74 Å². The highest BCUT2D eigenvalue weighted by Crippen LogP contribution is 2.38. The van der Waals surface area contributed by atoms with Gasteiger partial charge in [-0.2, -0.15) is 0 Å². The lowest BCUT2D eigenvalue weighted by molar-refractivity contribution is -0.153. The summed E-state index contributed by atoms with van der Waals surface area (Å²) in [7, 11) is 0. The fraction of sp³-hybridized carbons (Fsp3) is 0.579. The summed E-state index contributed by atoms with van der Waals surface area (Å²) in [4.78, 5) is 25.6. The van der Waals surface area contributed by atoms with E-state index >= 15 is 0 Å². The zero-order valence-corrected chi connectivity index (χ0v) is 13.7. The molecular formula is C19H25NO3. The molecular weight excluding hydrogens is 290 g/mol. The summed E-state index contributed by atoms with van der Waals surface area (Å²) in [6.45, 7) is 3.48. The van der Waals surface area contributed by atoms with Crippen molar-refractivity contribution >= 4 is 11.9 Å². The average molecular weight is 315 g/mol. The van der Waals surface area contributed by atoms with Crippen LogP contribution in [0.4, 0.5) is 0 Å². The predicted molar refractivity (Wildman–Crippen MR) is 87.7 cm³/mol. The summed E-state index contributed by atoms with van der Waals surface area (Å²) < 4.78 is 5.14. The van der Waals surface area contributed by atoms with Crippen molar-refractivity contribution in [2.45, 2.75) is 32.6 Å². The van der Waals surface area contributed by atoms with E-state index in [2.05, 4.69) is 24.3 Å². The van der Waals surface area contributed by atoms with E-state index in [0.717, 1.165) is 38.8 Å². The molecule has 0 spiro atoms. The minimum Gasteiger partial charge on any atom is -0.455 e. The van der Waals surface area contributed by atoms with Gasteiger partial charge in [0.05, 0.1) is 5.92 Å². The lowest BCUT2D eigenvalue weighted by atomic mass is 9.90. The van der Waals surface area contributed by atoms with Crippen LogP contribution in [0, 0.1) is 17.8 Å². The first-order chi connectivity index (χ1) is 11.1. The topological polar surface area (TPSA) is 46.6 Å². The largest absolute Gasteiger partial charge is 0.455 e. The molecule has 4 heteroatoms. The van der Waals surface area contributed by atoms with Crippen molar-refractivity contribution < 1.29 is 14.3 Å². The molecule has 0 N–H and O–H groups in total. The van der Waals surface area contributed by atoms with E-state index in [-0.39, 0.29) is 24.4 Å². The van der Waals surface area contributed by atoms with Gasteiger partial charge < -0.3 is 9.64 Å². The second-order valence-electron chi connectivity index (χ2n) is 6.94. The SMILES string of the molecule is C[C@@H]1C[C@@H]1C(=O)OCC(=O)N1CCC(Cc2ccccc2)CC1. The van der Waals surface area contributed by atoms with Gasteiger partial charge in [0, 0.05) is 13.1 Å². The predicted octanol–water partition coefficient (Wildman–Crippen LogP) is 2.67. The third kappa shape index (κ3) is 4.34. The molecule has 3 rings (SSSR count). The van der Waals surface area contributed by atoms with E-state index in [1.807, 2.05) is 17.9 Å². The van der Waals surface area contributed by atoms with Gasteiger partial charge in [-0.15, -0.1) is 0 Å². The highest BCUT2D eigenvalue weighted by molar-refractivity contribution is 5.82. The number of hydrogen-bond acceptors (Lipinski definition) is 3. The Hall–Kier alpha value is -1.84. The molecule has 1 aromatic carbocycles. The second-order valence-corrected chi connectivity index (χ2v) is 6.94. The molecule has 1 heterocycles.